The van der Waals surface area contributed by atoms with E-state index in [-0.39, 0.29) is 10.9 Å². The lowest BCUT2D eigenvalue weighted by molar-refractivity contribution is 1.24. The van der Waals surface area contributed by atoms with Crippen molar-refractivity contribution >= 4 is 47.0 Å². The minimum Gasteiger partial charge on any atom is -0.287 e. The first-order valence-corrected chi connectivity index (χ1v) is 15.5. The fourth-order valence-electron chi connectivity index (χ4n) is 3.83. The van der Waals surface area contributed by atoms with E-state index in [0.717, 1.165) is 42.6 Å². The Hall–Kier alpha value is -2.38. The fraction of sp³-hybridized carbons (Fsp3) is 0.133. The van der Waals surface area contributed by atoms with Crippen molar-refractivity contribution in [3.63, 3.8) is 0 Å². The summed E-state index contributed by atoms with van der Waals surface area (Å²) in [6.45, 7) is 0. The van der Waals surface area contributed by atoms with E-state index in [2.05, 4.69) is 48.5 Å². The summed E-state index contributed by atoms with van der Waals surface area (Å²) in [4.78, 5) is 29.6. The van der Waals surface area contributed by atoms with Crippen LogP contribution in [0.5, 0.6) is 0 Å². The van der Waals surface area contributed by atoms with Crippen LogP contribution in [0.4, 0.5) is 0 Å². The van der Waals surface area contributed by atoms with E-state index < -0.39 is 0 Å². The molecular formula is C30H24O2S4. The number of hydrogen-bond donors (Lipinski definition) is 0. The maximum absolute atomic E-state index is 13.3. The molecule has 0 atom stereocenters. The molecule has 0 aliphatic carbocycles. The molecule has 6 heteroatoms. The van der Waals surface area contributed by atoms with Crippen LogP contribution >= 0.6 is 47.0 Å². The minimum atomic E-state index is 0.0942. The van der Waals surface area contributed by atoms with Crippen molar-refractivity contribution in [3.8, 4) is 0 Å². The van der Waals surface area contributed by atoms with Gasteiger partial charge in [-0.2, -0.15) is 0 Å². The van der Waals surface area contributed by atoms with Gasteiger partial charge in [-0.1, -0.05) is 72.8 Å². The highest BCUT2D eigenvalue weighted by Crippen LogP contribution is 2.28. The van der Waals surface area contributed by atoms with Crippen molar-refractivity contribution in [3.05, 3.63) is 140 Å². The van der Waals surface area contributed by atoms with Crippen molar-refractivity contribution in [1.29, 1.82) is 0 Å². The molecule has 1 aliphatic heterocycles. The van der Waals surface area contributed by atoms with E-state index in [1.807, 2.05) is 48.5 Å². The van der Waals surface area contributed by atoms with Gasteiger partial charge in [0, 0.05) is 23.0 Å². The van der Waals surface area contributed by atoms with Crippen LogP contribution in [-0.4, -0.2) is 0 Å². The van der Waals surface area contributed by atoms with Gasteiger partial charge in [0.1, 0.15) is 0 Å². The van der Waals surface area contributed by atoms with Crippen molar-refractivity contribution in [2.75, 3.05) is 0 Å². The molecule has 4 aromatic carbocycles. The largest absolute Gasteiger partial charge is 0.287 e. The number of thioether (sulfide) groups is 4. The molecule has 0 aromatic heterocycles. The maximum atomic E-state index is 13.3. The average Bonchev–Trinajstić information content (AvgIpc) is 3.19. The second kappa shape index (κ2) is 12.2. The Balaban J connectivity index is 1.52. The summed E-state index contributed by atoms with van der Waals surface area (Å²) < 4.78 is 0. The van der Waals surface area contributed by atoms with E-state index in [9.17, 15) is 9.59 Å². The third kappa shape index (κ3) is 6.48. The molecule has 8 bridgehead atoms. The zero-order valence-electron chi connectivity index (χ0n) is 19.5. The van der Waals surface area contributed by atoms with Gasteiger partial charge in [0.05, 0.1) is 19.6 Å². The summed E-state index contributed by atoms with van der Waals surface area (Å²) in [5.74, 6) is 2.88. The zero-order valence-corrected chi connectivity index (χ0v) is 22.8. The third-order valence-corrected chi connectivity index (χ3v) is 10.1. The van der Waals surface area contributed by atoms with Crippen molar-refractivity contribution in [2.45, 2.75) is 42.6 Å². The highest BCUT2D eigenvalue weighted by molar-refractivity contribution is 7.99. The molecule has 0 saturated carbocycles. The summed E-state index contributed by atoms with van der Waals surface area (Å²) in [7, 11) is 0. The predicted molar refractivity (Wildman–Crippen MR) is 157 cm³/mol. The van der Waals surface area contributed by atoms with Crippen LogP contribution in [-0.2, 0) is 23.0 Å². The van der Waals surface area contributed by atoms with Crippen molar-refractivity contribution in [1.82, 2.24) is 0 Å². The molecule has 1 aliphatic rings. The van der Waals surface area contributed by atoms with Crippen LogP contribution in [0.15, 0.2) is 126 Å². The second-order valence-corrected chi connectivity index (χ2v) is 12.4. The van der Waals surface area contributed by atoms with Gasteiger partial charge in [-0.05, 0) is 46.5 Å². The van der Waals surface area contributed by atoms with Crippen molar-refractivity contribution < 1.29 is 0 Å². The van der Waals surface area contributed by atoms with Crippen LogP contribution in [0.25, 0.3) is 0 Å². The third-order valence-electron chi connectivity index (χ3n) is 5.67. The van der Waals surface area contributed by atoms with Gasteiger partial charge in [0.15, 0.2) is 0 Å². The normalized spacial score (nSPS) is 14.0. The molecule has 1 heterocycles. The predicted octanol–water partition coefficient (Wildman–Crippen LogP) is 7.89. The summed E-state index contributed by atoms with van der Waals surface area (Å²) in [5, 5.41) is 0. The van der Waals surface area contributed by atoms with Gasteiger partial charge >= 0.3 is 0 Å². The summed E-state index contributed by atoms with van der Waals surface area (Å²) >= 11 is 6.33. The Kier molecular flexibility index (Phi) is 8.59. The Morgan fingerprint density at radius 2 is 0.667 bits per heavy atom. The molecule has 0 amide bonds. The van der Waals surface area contributed by atoms with E-state index in [1.54, 1.807) is 47.0 Å². The average molecular weight is 545 g/mol. The second-order valence-electron chi connectivity index (χ2n) is 8.35. The lowest BCUT2D eigenvalue weighted by atomic mass is 10.2. The molecule has 0 spiro atoms. The van der Waals surface area contributed by atoms with E-state index >= 15 is 0 Å². The molecular weight excluding hydrogens is 521 g/mol. The Labute approximate surface area is 228 Å². The SMILES string of the molecule is O=c1c2ccccc1SCc1cccc(c1)CSc1ccccc(c1=O)SCc1cccc(c1)CS2. The van der Waals surface area contributed by atoms with Crippen LogP contribution in [0.2, 0.25) is 0 Å². The first kappa shape index (κ1) is 25.3. The van der Waals surface area contributed by atoms with Gasteiger partial charge in [-0.15, -0.1) is 47.0 Å². The van der Waals surface area contributed by atoms with Crippen LogP contribution < -0.4 is 10.9 Å². The van der Waals surface area contributed by atoms with E-state index in [4.69, 9.17) is 0 Å². The Morgan fingerprint density at radius 3 is 0.944 bits per heavy atom. The highest BCUT2D eigenvalue weighted by atomic mass is 32.2. The molecule has 0 fully saturated rings. The first-order chi connectivity index (χ1) is 17.7. The van der Waals surface area contributed by atoms with Crippen LogP contribution in [0.3, 0.4) is 0 Å². The lowest BCUT2D eigenvalue weighted by Crippen LogP contribution is -2.04. The summed E-state index contributed by atoms with van der Waals surface area (Å²) in [5.41, 5.74) is 4.86. The van der Waals surface area contributed by atoms with Crippen LogP contribution in [0.1, 0.15) is 22.3 Å². The first-order valence-electron chi connectivity index (χ1n) is 11.6. The number of hydrogen-bond acceptors (Lipinski definition) is 6. The van der Waals surface area contributed by atoms with Gasteiger partial charge in [0.25, 0.3) is 0 Å². The summed E-state index contributed by atoms with van der Waals surface area (Å²) in [6.07, 6.45) is 0. The molecule has 0 unspecified atom stereocenters. The maximum Gasteiger partial charge on any atom is 0.205 e. The quantitative estimate of drug-likeness (QED) is 0.224. The molecule has 36 heavy (non-hydrogen) atoms. The van der Waals surface area contributed by atoms with Crippen LogP contribution in [0, 0.1) is 0 Å². The Bertz CT molecular complexity index is 1290. The van der Waals surface area contributed by atoms with E-state index in [1.165, 1.54) is 22.3 Å². The number of benzene rings is 2. The monoisotopic (exact) mass is 544 g/mol. The standard InChI is InChI=1S/C30H24O2S4/c31-29-25-11-1-2-12-26(29)34-18-22-8-6-10-24(16-22)20-36-28-14-4-3-13-27(30(28)32)35-19-23-9-5-7-21(15-23)17-33-25/h1-16H,17-20H2. The smallest absolute Gasteiger partial charge is 0.205 e. The van der Waals surface area contributed by atoms with Crippen molar-refractivity contribution in [2.24, 2.45) is 0 Å². The molecule has 0 N–H and O–H groups in total. The molecule has 2 nitrogen and oxygen atoms in total. The molecule has 0 saturated heterocycles. The van der Waals surface area contributed by atoms with Gasteiger partial charge in [-0.3, -0.25) is 9.59 Å². The minimum absolute atomic E-state index is 0.0942. The molecule has 0 radical (unpaired) electrons. The number of fused-ring (bicyclic) bond motifs is 8. The van der Waals surface area contributed by atoms with Gasteiger partial charge in [-0.25, -0.2) is 0 Å². The van der Waals surface area contributed by atoms with Gasteiger partial charge in [0.2, 0.25) is 10.9 Å². The number of rotatable bonds is 0. The fourth-order valence-corrected chi connectivity index (χ4v) is 7.63. The molecule has 4 aromatic rings. The zero-order chi connectivity index (χ0) is 24.7. The topological polar surface area (TPSA) is 34.1 Å². The molecule has 180 valence electrons. The summed E-state index contributed by atoms with van der Waals surface area (Å²) in [6, 6.07) is 32.3. The van der Waals surface area contributed by atoms with Gasteiger partial charge < -0.3 is 0 Å². The lowest BCUT2D eigenvalue weighted by Gasteiger charge is -2.07. The van der Waals surface area contributed by atoms with E-state index in [0.29, 0.717) is 0 Å². The molecule has 5 rings (SSSR count). The highest BCUT2D eigenvalue weighted by Gasteiger charge is 2.10. The Morgan fingerprint density at radius 1 is 0.389 bits per heavy atom.